The fourth-order valence-electron chi connectivity index (χ4n) is 1.69. The number of halogens is 3. The zero-order valence-electron chi connectivity index (χ0n) is 10.00. The summed E-state index contributed by atoms with van der Waals surface area (Å²) in [6.07, 6.45) is 0. The zero-order chi connectivity index (χ0) is 13.8. The fraction of sp³-hybridized carbons (Fsp3) is 0.143. The van der Waals surface area contributed by atoms with Crippen LogP contribution in [0.4, 0.5) is 8.78 Å². The van der Waals surface area contributed by atoms with Crippen LogP contribution in [0, 0.1) is 11.6 Å². The molecule has 2 rings (SSSR count). The smallest absolute Gasteiger partial charge is 0.165 e. The Morgan fingerprint density at radius 1 is 1.05 bits per heavy atom. The Labute approximate surface area is 118 Å². The maximum Gasteiger partial charge on any atom is 0.165 e. The van der Waals surface area contributed by atoms with E-state index in [0.29, 0.717) is 12.3 Å². The van der Waals surface area contributed by atoms with E-state index in [1.54, 1.807) is 6.07 Å². The molecule has 0 aromatic heterocycles. The van der Waals surface area contributed by atoms with Crippen LogP contribution >= 0.6 is 15.9 Å². The molecule has 0 radical (unpaired) electrons. The highest BCUT2D eigenvalue weighted by Crippen LogP contribution is 2.29. The van der Waals surface area contributed by atoms with Gasteiger partial charge in [0.15, 0.2) is 11.6 Å². The van der Waals surface area contributed by atoms with E-state index in [2.05, 4.69) is 15.9 Å². The standard InChI is InChI=1S/C14H12BrF2NO/c15-11-5-1-3-9(7-18)14(11)19-8-10-4-2-6-12(16)13(10)17/h1-6H,7-8,18H2. The monoisotopic (exact) mass is 327 g/mol. The van der Waals surface area contributed by atoms with Gasteiger partial charge < -0.3 is 10.5 Å². The maximum absolute atomic E-state index is 13.5. The largest absolute Gasteiger partial charge is 0.487 e. The summed E-state index contributed by atoms with van der Waals surface area (Å²) < 4.78 is 32.8. The molecule has 0 spiro atoms. The van der Waals surface area contributed by atoms with Crippen LogP contribution in [0.1, 0.15) is 11.1 Å². The molecule has 2 aromatic carbocycles. The Balaban J connectivity index is 2.21. The molecule has 0 amide bonds. The van der Waals surface area contributed by atoms with Gasteiger partial charge in [0.25, 0.3) is 0 Å². The molecule has 0 saturated carbocycles. The molecule has 0 bridgehead atoms. The van der Waals surface area contributed by atoms with E-state index in [1.807, 2.05) is 12.1 Å². The van der Waals surface area contributed by atoms with E-state index in [0.717, 1.165) is 16.1 Å². The summed E-state index contributed by atoms with van der Waals surface area (Å²) in [7, 11) is 0. The van der Waals surface area contributed by atoms with Crippen molar-refractivity contribution in [2.24, 2.45) is 5.73 Å². The second-order valence-electron chi connectivity index (χ2n) is 3.93. The van der Waals surface area contributed by atoms with Gasteiger partial charge in [-0.1, -0.05) is 24.3 Å². The Morgan fingerprint density at radius 3 is 2.47 bits per heavy atom. The average molecular weight is 328 g/mol. The van der Waals surface area contributed by atoms with Gasteiger partial charge in [0, 0.05) is 17.7 Å². The number of nitrogens with two attached hydrogens (primary N) is 1. The van der Waals surface area contributed by atoms with Crippen molar-refractivity contribution in [3.63, 3.8) is 0 Å². The first-order valence-electron chi connectivity index (χ1n) is 5.66. The number of hydrogen-bond donors (Lipinski definition) is 1. The van der Waals surface area contributed by atoms with Crippen molar-refractivity contribution in [2.45, 2.75) is 13.2 Å². The third-order valence-corrected chi connectivity index (χ3v) is 3.30. The second kappa shape index (κ2) is 6.12. The normalized spacial score (nSPS) is 10.5. The molecule has 2 N–H and O–H groups in total. The van der Waals surface area contributed by atoms with E-state index < -0.39 is 11.6 Å². The molecule has 19 heavy (non-hydrogen) atoms. The molecule has 0 saturated heterocycles. The predicted octanol–water partition coefficient (Wildman–Crippen LogP) is 3.77. The van der Waals surface area contributed by atoms with Crippen molar-refractivity contribution in [3.05, 3.63) is 63.6 Å². The Morgan fingerprint density at radius 2 is 1.74 bits per heavy atom. The molecule has 0 atom stereocenters. The number of rotatable bonds is 4. The summed E-state index contributed by atoms with van der Waals surface area (Å²) in [6.45, 7) is 0.250. The molecule has 0 aliphatic rings. The molecule has 100 valence electrons. The maximum atomic E-state index is 13.5. The van der Waals surface area contributed by atoms with Gasteiger partial charge in [-0.3, -0.25) is 0 Å². The van der Waals surface area contributed by atoms with E-state index in [4.69, 9.17) is 10.5 Å². The van der Waals surface area contributed by atoms with Crippen LogP contribution in [0.3, 0.4) is 0 Å². The summed E-state index contributed by atoms with van der Waals surface area (Å²) in [4.78, 5) is 0. The van der Waals surface area contributed by atoms with E-state index in [-0.39, 0.29) is 12.2 Å². The Kier molecular flexibility index (Phi) is 4.50. The summed E-state index contributed by atoms with van der Waals surface area (Å²) in [5.74, 6) is -1.22. The molecular formula is C14H12BrF2NO. The number of hydrogen-bond acceptors (Lipinski definition) is 2. The molecule has 2 nitrogen and oxygen atoms in total. The number of benzene rings is 2. The lowest BCUT2D eigenvalue weighted by Crippen LogP contribution is -2.05. The molecule has 0 fully saturated rings. The van der Waals surface area contributed by atoms with Crippen LogP contribution in [0.25, 0.3) is 0 Å². The lowest BCUT2D eigenvalue weighted by Gasteiger charge is -2.12. The minimum atomic E-state index is -0.885. The Bertz CT molecular complexity index is 590. The first-order chi connectivity index (χ1) is 9.13. The molecule has 2 aromatic rings. The van der Waals surface area contributed by atoms with E-state index in [1.165, 1.54) is 12.1 Å². The lowest BCUT2D eigenvalue weighted by molar-refractivity contribution is 0.292. The van der Waals surface area contributed by atoms with Gasteiger partial charge >= 0.3 is 0 Å². The highest BCUT2D eigenvalue weighted by Gasteiger charge is 2.11. The van der Waals surface area contributed by atoms with Gasteiger partial charge in [-0.25, -0.2) is 8.78 Å². The van der Waals surface area contributed by atoms with E-state index in [9.17, 15) is 8.78 Å². The first kappa shape index (κ1) is 14.0. The summed E-state index contributed by atoms with van der Waals surface area (Å²) in [6, 6.07) is 9.46. The lowest BCUT2D eigenvalue weighted by atomic mass is 10.2. The Hall–Kier alpha value is -1.46. The van der Waals surface area contributed by atoms with Crippen LogP contribution in [0.15, 0.2) is 40.9 Å². The molecule has 5 heteroatoms. The highest BCUT2D eigenvalue weighted by molar-refractivity contribution is 9.10. The predicted molar refractivity (Wildman–Crippen MR) is 72.7 cm³/mol. The molecular weight excluding hydrogens is 316 g/mol. The summed E-state index contributed by atoms with van der Waals surface area (Å²) >= 11 is 3.35. The van der Waals surface area contributed by atoms with Crippen molar-refractivity contribution in [3.8, 4) is 5.75 Å². The number of ether oxygens (including phenoxy) is 1. The van der Waals surface area contributed by atoms with Gasteiger partial charge in [-0.15, -0.1) is 0 Å². The molecule has 0 unspecified atom stereocenters. The number of para-hydroxylation sites is 1. The van der Waals surface area contributed by atoms with Gasteiger partial charge in [-0.05, 0) is 28.1 Å². The third-order valence-electron chi connectivity index (χ3n) is 2.67. The fourth-order valence-corrected chi connectivity index (χ4v) is 2.21. The van der Waals surface area contributed by atoms with Gasteiger partial charge in [0.05, 0.1) is 4.47 Å². The van der Waals surface area contributed by atoms with Crippen molar-refractivity contribution in [1.29, 1.82) is 0 Å². The van der Waals surface area contributed by atoms with Crippen LogP contribution < -0.4 is 10.5 Å². The minimum Gasteiger partial charge on any atom is -0.487 e. The molecule has 0 heterocycles. The highest BCUT2D eigenvalue weighted by atomic mass is 79.9. The zero-order valence-corrected chi connectivity index (χ0v) is 11.6. The van der Waals surface area contributed by atoms with Crippen molar-refractivity contribution < 1.29 is 13.5 Å². The van der Waals surface area contributed by atoms with Crippen LogP contribution in [-0.4, -0.2) is 0 Å². The second-order valence-corrected chi connectivity index (χ2v) is 4.79. The summed E-state index contributed by atoms with van der Waals surface area (Å²) in [5, 5.41) is 0. The topological polar surface area (TPSA) is 35.2 Å². The van der Waals surface area contributed by atoms with Crippen molar-refractivity contribution in [2.75, 3.05) is 0 Å². The SMILES string of the molecule is NCc1cccc(Br)c1OCc1cccc(F)c1F. The van der Waals surface area contributed by atoms with Crippen LogP contribution in [-0.2, 0) is 13.2 Å². The van der Waals surface area contributed by atoms with Crippen molar-refractivity contribution >= 4 is 15.9 Å². The van der Waals surface area contributed by atoms with Gasteiger partial charge in [-0.2, -0.15) is 0 Å². The van der Waals surface area contributed by atoms with Crippen molar-refractivity contribution in [1.82, 2.24) is 0 Å². The van der Waals surface area contributed by atoms with Crippen LogP contribution in [0.5, 0.6) is 5.75 Å². The van der Waals surface area contributed by atoms with E-state index >= 15 is 0 Å². The minimum absolute atomic E-state index is 0.0563. The first-order valence-corrected chi connectivity index (χ1v) is 6.46. The third kappa shape index (κ3) is 3.11. The molecule has 0 aliphatic heterocycles. The van der Waals surface area contributed by atoms with Gasteiger partial charge in [0.2, 0.25) is 0 Å². The quantitative estimate of drug-likeness (QED) is 0.927. The van der Waals surface area contributed by atoms with Crippen LogP contribution in [0.2, 0.25) is 0 Å². The average Bonchev–Trinajstić information content (AvgIpc) is 2.41. The van der Waals surface area contributed by atoms with Gasteiger partial charge in [0.1, 0.15) is 12.4 Å². The molecule has 0 aliphatic carbocycles. The summed E-state index contributed by atoms with van der Waals surface area (Å²) in [5.41, 5.74) is 6.57.